The average Bonchev–Trinajstić information content (AvgIpc) is 2.63. The fourth-order valence-electron chi connectivity index (χ4n) is 2.35. The van der Waals surface area contributed by atoms with E-state index >= 15 is 0 Å². The number of nitrogens with one attached hydrogen (secondary N) is 1. The Bertz CT molecular complexity index is 380. The summed E-state index contributed by atoms with van der Waals surface area (Å²) < 4.78 is 2.11. The van der Waals surface area contributed by atoms with Crippen molar-refractivity contribution < 1.29 is 0 Å². The van der Waals surface area contributed by atoms with E-state index in [-0.39, 0.29) is 0 Å². The molecule has 1 unspecified atom stereocenters. The molecule has 0 aliphatic heterocycles. The van der Waals surface area contributed by atoms with Crippen LogP contribution in [0.4, 0.5) is 0 Å². The van der Waals surface area contributed by atoms with Gasteiger partial charge in [-0.1, -0.05) is 13.8 Å². The summed E-state index contributed by atoms with van der Waals surface area (Å²) in [4.78, 5) is 2.45. The molecule has 4 nitrogen and oxygen atoms in total. The highest BCUT2D eigenvalue weighted by Crippen LogP contribution is 2.10. The molecule has 0 saturated carbocycles. The zero-order chi connectivity index (χ0) is 14.4. The Kier molecular flexibility index (Phi) is 6.52. The maximum absolute atomic E-state index is 4.57. The van der Waals surface area contributed by atoms with E-state index in [4.69, 9.17) is 0 Å². The molecule has 4 heteroatoms. The van der Waals surface area contributed by atoms with Gasteiger partial charge in [0.2, 0.25) is 0 Å². The molecule has 1 rings (SSSR count). The van der Waals surface area contributed by atoms with Gasteiger partial charge in [-0.3, -0.25) is 4.68 Å². The Balaban J connectivity index is 2.35. The van der Waals surface area contributed by atoms with Crippen molar-refractivity contribution in [1.29, 1.82) is 0 Å². The van der Waals surface area contributed by atoms with Gasteiger partial charge >= 0.3 is 0 Å². The smallest absolute Gasteiger partial charge is 0.0625 e. The van der Waals surface area contributed by atoms with Crippen molar-refractivity contribution in [3.05, 3.63) is 17.0 Å². The van der Waals surface area contributed by atoms with E-state index in [9.17, 15) is 0 Å². The molecule has 0 spiro atoms. The SMILES string of the molecule is CCN(CC)CC(C)NCCn1nc(C)c(C)c1C. The first-order chi connectivity index (χ1) is 8.99. The number of likely N-dealkylation sites (N-methyl/N-ethyl adjacent to an activating group) is 1. The second kappa shape index (κ2) is 7.65. The molecule has 1 atom stereocenters. The van der Waals surface area contributed by atoms with Crippen LogP contribution in [0.3, 0.4) is 0 Å². The molecule has 0 aromatic carbocycles. The molecule has 110 valence electrons. The van der Waals surface area contributed by atoms with Crippen LogP contribution in [0.5, 0.6) is 0 Å². The summed E-state index contributed by atoms with van der Waals surface area (Å²) in [5.74, 6) is 0. The van der Waals surface area contributed by atoms with E-state index in [1.165, 1.54) is 11.3 Å². The molecule has 0 radical (unpaired) electrons. The van der Waals surface area contributed by atoms with E-state index in [1.54, 1.807) is 0 Å². The minimum atomic E-state index is 0.526. The highest BCUT2D eigenvalue weighted by atomic mass is 15.3. The molecular weight excluding hydrogens is 236 g/mol. The number of nitrogens with zero attached hydrogens (tertiary/aromatic N) is 3. The van der Waals surface area contributed by atoms with Gasteiger partial charge in [0.1, 0.15) is 0 Å². The van der Waals surface area contributed by atoms with Crippen LogP contribution in [0.1, 0.15) is 37.7 Å². The van der Waals surface area contributed by atoms with Gasteiger partial charge in [0.15, 0.2) is 0 Å². The highest BCUT2D eigenvalue weighted by Gasteiger charge is 2.08. The fourth-order valence-corrected chi connectivity index (χ4v) is 2.35. The molecule has 1 aromatic rings. The third kappa shape index (κ3) is 4.62. The van der Waals surface area contributed by atoms with Crippen LogP contribution in [0, 0.1) is 20.8 Å². The summed E-state index contributed by atoms with van der Waals surface area (Å²) in [5, 5.41) is 8.15. The molecule has 1 aromatic heterocycles. The molecule has 0 saturated heterocycles. The fraction of sp³-hybridized carbons (Fsp3) is 0.800. The summed E-state index contributed by atoms with van der Waals surface area (Å²) >= 11 is 0. The minimum Gasteiger partial charge on any atom is -0.311 e. The van der Waals surface area contributed by atoms with E-state index < -0.39 is 0 Å². The lowest BCUT2D eigenvalue weighted by Gasteiger charge is -2.23. The topological polar surface area (TPSA) is 33.1 Å². The summed E-state index contributed by atoms with van der Waals surface area (Å²) in [6.07, 6.45) is 0. The van der Waals surface area contributed by atoms with Crippen molar-refractivity contribution in [2.45, 2.75) is 54.1 Å². The summed E-state index contributed by atoms with van der Waals surface area (Å²) in [7, 11) is 0. The normalized spacial score (nSPS) is 13.2. The second-order valence-electron chi connectivity index (χ2n) is 5.36. The molecule has 0 fully saturated rings. The highest BCUT2D eigenvalue weighted by molar-refractivity contribution is 5.22. The number of aryl methyl sites for hydroxylation is 1. The third-order valence-electron chi connectivity index (χ3n) is 3.99. The molecule has 0 aliphatic rings. The molecular formula is C15H30N4. The van der Waals surface area contributed by atoms with Crippen LogP contribution in [0.2, 0.25) is 0 Å². The zero-order valence-corrected chi connectivity index (χ0v) is 13.5. The van der Waals surface area contributed by atoms with E-state index in [0.717, 1.165) is 38.4 Å². The van der Waals surface area contributed by atoms with Crippen molar-refractivity contribution >= 4 is 0 Å². The van der Waals surface area contributed by atoms with E-state index in [0.29, 0.717) is 6.04 Å². The van der Waals surface area contributed by atoms with Crippen LogP contribution < -0.4 is 5.32 Å². The van der Waals surface area contributed by atoms with Crippen LogP contribution in [0.15, 0.2) is 0 Å². The summed E-state index contributed by atoms with van der Waals surface area (Å²) in [5.41, 5.74) is 3.75. The molecule has 0 aliphatic carbocycles. The van der Waals surface area contributed by atoms with Crippen LogP contribution in [-0.2, 0) is 6.54 Å². The van der Waals surface area contributed by atoms with Gasteiger partial charge < -0.3 is 10.2 Å². The molecule has 19 heavy (non-hydrogen) atoms. The van der Waals surface area contributed by atoms with Gasteiger partial charge in [-0.05, 0) is 46.3 Å². The maximum atomic E-state index is 4.57. The number of hydrogen-bond donors (Lipinski definition) is 1. The Morgan fingerprint density at radius 2 is 1.84 bits per heavy atom. The third-order valence-corrected chi connectivity index (χ3v) is 3.99. The maximum Gasteiger partial charge on any atom is 0.0625 e. The average molecular weight is 266 g/mol. The lowest BCUT2D eigenvalue weighted by molar-refractivity contribution is 0.270. The summed E-state index contributed by atoms with van der Waals surface area (Å²) in [6, 6.07) is 0.526. The minimum absolute atomic E-state index is 0.526. The standard InChI is InChI=1S/C15H30N4/c1-7-18(8-2)11-12(3)16-9-10-19-15(6)13(4)14(5)17-19/h12,16H,7-11H2,1-6H3. The first-order valence-corrected chi connectivity index (χ1v) is 7.45. The van der Waals surface area contributed by atoms with Gasteiger partial charge in [0.25, 0.3) is 0 Å². The van der Waals surface area contributed by atoms with Gasteiger partial charge in [0.05, 0.1) is 12.2 Å². The number of rotatable bonds is 8. The predicted octanol–water partition coefficient (Wildman–Crippen LogP) is 2.13. The molecule has 0 amide bonds. The second-order valence-corrected chi connectivity index (χ2v) is 5.36. The summed E-state index contributed by atoms with van der Waals surface area (Å²) in [6.45, 7) is 18.3. The monoisotopic (exact) mass is 266 g/mol. The Morgan fingerprint density at radius 1 is 1.21 bits per heavy atom. The first kappa shape index (κ1) is 16.2. The van der Waals surface area contributed by atoms with E-state index in [1.807, 2.05) is 0 Å². The Morgan fingerprint density at radius 3 is 2.32 bits per heavy atom. The largest absolute Gasteiger partial charge is 0.311 e. The molecule has 1 heterocycles. The van der Waals surface area contributed by atoms with E-state index in [2.05, 4.69) is 61.5 Å². The van der Waals surface area contributed by atoms with Gasteiger partial charge in [-0.15, -0.1) is 0 Å². The Labute approximate surface area is 118 Å². The van der Waals surface area contributed by atoms with Crippen LogP contribution >= 0.6 is 0 Å². The van der Waals surface area contributed by atoms with Crippen molar-refractivity contribution in [1.82, 2.24) is 20.0 Å². The predicted molar refractivity (Wildman–Crippen MR) is 81.7 cm³/mol. The van der Waals surface area contributed by atoms with Crippen LogP contribution in [-0.4, -0.2) is 46.9 Å². The van der Waals surface area contributed by atoms with Crippen molar-refractivity contribution in [2.24, 2.45) is 0 Å². The zero-order valence-electron chi connectivity index (χ0n) is 13.5. The van der Waals surface area contributed by atoms with Gasteiger partial charge in [-0.2, -0.15) is 5.10 Å². The van der Waals surface area contributed by atoms with Gasteiger partial charge in [0, 0.05) is 24.8 Å². The first-order valence-electron chi connectivity index (χ1n) is 7.45. The quantitative estimate of drug-likeness (QED) is 0.782. The van der Waals surface area contributed by atoms with Crippen molar-refractivity contribution in [3.8, 4) is 0 Å². The van der Waals surface area contributed by atoms with Gasteiger partial charge in [-0.25, -0.2) is 0 Å². The van der Waals surface area contributed by atoms with Crippen molar-refractivity contribution in [3.63, 3.8) is 0 Å². The Hall–Kier alpha value is -0.870. The molecule has 1 N–H and O–H groups in total. The van der Waals surface area contributed by atoms with Crippen LogP contribution in [0.25, 0.3) is 0 Å². The number of hydrogen-bond acceptors (Lipinski definition) is 3. The number of aromatic nitrogens is 2. The lowest BCUT2D eigenvalue weighted by Crippen LogP contribution is -2.40. The lowest BCUT2D eigenvalue weighted by atomic mass is 10.2. The van der Waals surface area contributed by atoms with Crippen molar-refractivity contribution in [2.75, 3.05) is 26.2 Å². The molecule has 0 bridgehead atoms.